The summed E-state index contributed by atoms with van der Waals surface area (Å²) in [6.07, 6.45) is 5.74. The smallest absolute Gasteiger partial charge is 0.263 e. The standard InChI is InChI=1S/C26H24ClFN6O3S/c1-34-13-10-18(16-34)31-26-30-12-8-22(32-26)19-15-29-11-9-23(19)37-24-7-6-17(14-21(24)28)33-38(35,36)25-5-3-2-4-20(25)27/h2-9,11-12,14-15,18,33H,10,13,16H2,1H3,(H,30,31,32)/t18-/m0/s1. The van der Waals surface area contributed by atoms with Crippen molar-refractivity contribution in [3.63, 3.8) is 0 Å². The number of likely N-dealkylation sites (tertiary alicyclic amines) is 1. The van der Waals surface area contributed by atoms with Crippen molar-refractivity contribution in [3.8, 4) is 22.8 Å². The van der Waals surface area contributed by atoms with Crippen molar-refractivity contribution in [2.45, 2.75) is 17.4 Å². The second-order valence-electron chi connectivity index (χ2n) is 8.81. The van der Waals surface area contributed by atoms with E-state index in [9.17, 15) is 8.42 Å². The monoisotopic (exact) mass is 554 g/mol. The van der Waals surface area contributed by atoms with Gasteiger partial charge in [-0.15, -0.1) is 0 Å². The Labute approximate surface area is 224 Å². The number of nitrogens with one attached hydrogen (secondary N) is 2. The molecule has 0 spiro atoms. The fourth-order valence-electron chi connectivity index (χ4n) is 4.12. The molecule has 12 heteroatoms. The summed E-state index contributed by atoms with van der Waals surface area (Å²) in [5.74, 6) is -0.0467. The van der Waals surface area contributed by atoms with Crippen LogP contribution in [0.4, 0.5) is 16.0 Å². The molecule has 0 saturated carbocycles. The van der Waals surface area contributed by atoms with Crippen LogP contribution >= 0.6 is 11.6 Å². The minimum atomic E-state index is -4.01. The van der Waals surface area contributed by atoms with E-state index >= 15 is 4.39 Å². The summed E-state index contributed by atoms with van der Waals surface area (Å²) >= 11 is 6.01. The normalized spacial score (nSPS) is 15.8. The molecule has 0 unspecified atom stereocenters. The Balaban J connectivity index is 1.35. The molecule has 2 aromatic heterocycles. The Morgan fingerprint density at radius 1 is 1.11 bits per heavy atom. The Morgan fingerprint density at radius 2 is 1.95 bits per heavy atom. The Hall–Kier alpha value is -3.80. The summed E-state index contributed by atoms with van der Waals surface area (Å²) < 4.78 is 48.6. The lowest BCUT2D eigenvalue weighted by molar-refractivity contribution is 0.414. The number of benzene rings is 2. The number of pyridine rings is 1. The van der Waals surface area contributed by atoms with Crippen molar-refractivity contribution in [1.82, 2.24) is 19.9 Å². The minimum Gasteiger partial charge on any atom is -0.453 e. The van der Waals surface area contributed by atoms with Gasteiger partial charge in [-0.05, 0) is 56.4 Å². The van der Waals surface area contributed by atoms with Gasteiger partial charge >= 0.3 is 0 Å². The number of nitrogens with zero attached hydrogens (tertiary/aromatic N) is 4. The summed E-state index contributed by atoms with van der Waals surface area (Å²) in [4.78, 5) is 15.2. The zero-order chi connectivity index (χ0) is 26.7. The molecule has 0 radical (unpaired) electrons. The molecule has 2 N–H and O–H groups in total. The van der Waals surface area contributed by atoms with Crippen LogP contribution in [0.3, 0.4) is 0 Å². The van der Waals surface area contributed by atoms with Crippen LogP contribution in [0.25, 0.3) is 11.3 Å². The first kappa shape index (κ1) is 25.8. The van der Waals surface area contributed by atoms with E-state index in [-0.39, 0.29) is 27.4 Å². The number of ether oxygens (including phenoxy) is 1. The zero-order valence-corrected chi connectivity index (χ0v) is 21.9. The van der Waals surface area contributed by atoms with Gasteiger partial charge < -0.3 is 15.0 Å². The van der Waals surface area contributed by atoms with Crippen LogP contribution in [0.2, 0.25) is 5.02 Å². The van der Waals surface area contributed by atoms with E-state index in [0.29, 0.717) is 23.0 Å². The van der Waals surface area contributed by atoms with E-state index in [0.717, 1.165) is 25.6 Å². The lowest BCUT2D eigenvalue weighted by Crippen LogP contribution is -2.24. The van der Waals surface area contributed by atoms with E-state index in [1.54, 1.807) is 36.7 Å². The summed E-state index contributed by atoms with van der Waals surface area (Å²) in [5, 5.41) is 3.41. The quantitative estimate of drug-likeness (QED) is 0.312. The molecule has 38 heavy (non-hydrogen) atoms. The lowest BCUT2D eigenvalue weighted by Gasteiger charge is -2.15. The highest BCUT2D eigenvalue weighted by molar-refractivity contribution is 7.92. The van der Waals surface area contributed by atoms with Crippen molar-refractivity contribution in [2.75, 3.05) is 30.2 Å². The van der Waals surface area contributed by atoms with Crippen molar-refractivity contribution in [1.29, 1.82) is 0 Å². The van der Waals surface area contributed by atoms with E-state index in [1.165, 1.54) is 30.5 Å². The maximum Gasteiger partial charge on any atom is 0.263 e. The third kappa shape index (κ3) is 5.85. The van der Waals surface area contributed by atoms with Gasteiger partial charge in [-0.2, -0.15) is 0 Å². The van der Waals surface area contributed by atoms with Gasteiger partial charge in [0.2, 0.25) is 5.95 Å². The number of hydrogen-bond acceptors (Lipinski definition) is 8. The van der Waals surface area contributed by atoms with E-state index in [2.05, 4.69) is 36.9 Å². The second-order valence-corrected chi connectivity index (χ2v) is 10.9. The highest BCUT2D eigenvalue weighted by Crippen LogP contribution is 2.34. The largest absolute Gasteiger partial charge is 0.453 e. The van der Waals surface area contributed by atoms with E-state index in [1.807, 2.05) is 0 Å². The van der Waals surface area contributed by atoms with E-state index < -0.39 is 15.8 Å². The lowest BCUT2D eigenvalue weighted by atomic mass is 10.2. The number of sulfonamides is 1. The van der Waals surface area contributed by atoms with Gasteiger partial charge in [0.1, 0.15) is 10.6 Å². The third-order valence-corrected chi connectivity index (χ3v) is 7.85. The molecule has 1 aliphatic heterocycles. The van der Waals surface area contributed by atoms with Gasteiger partial charge in [-0.25, -0.2) is 22.8 Å². The molecule has 2 aromatic carbocycles. The highest BCUT2D eigenvalue weighted by Gasteiger charge is 2.21. The predicted octanol–water partition coefficient (Wildman–Crippen LogP) is 5.04. The molecular weight excluding hydrogens is 531 g/mol. The Kier molecular flexibility index (Phi) is 7.41. The second kappa shape index (κ2) is 10.9. The van der Waals surface area contributed by atoms with Crippen molar-refractivity contribution in [2.24, 2.45) is 0 Å². The molecule has 1 saturated heterocycles. The van der Waals surface area contributed by atoms with Crippen LogP contribution in [0.15, 0.2) is 78.1 Å². The van der Waals surface area contributed by atoms with Gasteiger partial charge in [-0.1, -0.05) is 23.7 Å². The minimum absolute atomic E-state index is 0.0220. The fourth-order valence-corrected chi connectivity index (χ4v) is 5.69. The van der Waals surface area contributed by atoms with Crippen molar-refractivity contribution >= 4 is 33.3 Å². The number of anilines is 2. The van der Waals surface area contributed by atoms with Crippen LogP contribution in [0.1, 0.15) is 6.42 Å². The third-order valence-electron chi connectivity index (χ3n) is 5.97. The summed E-state index contributed by atoms with van der Waals surface area (Å²) in [6, 6.07) is 13.4. The first-order valence-corrected chi connectivity index (χ1v) is 13.6. The number of halogens is 2. The van der Waals surface area contributed by atoms with Crippen molar-refractivity contribution < 1.29 is 17.5 Å². The van der Waals surface area contributed by atoms with Gasteiger partial charge in [0.05, 0.1) is 22.0 Å². The van der Waals surface area contributed by atoms with Crippen LogP contribution < -0.4 is 14.8 Å². The fraction of sp³-hybridized carbons (Fsp3) is 0.192. The molecule has 9 nitrogen and oxygen atoms in total. The maximum atomic E-state index is 15.0. The molecule has 0 aliphatic carbocycles. The topological polar surface area (TPSA) is 109 Å². The van der Waals surface area contributed by atoms with Crippen molar-refractivity contribution in [3.05, 3.63) is 84.0 Å². The Morgan fingerprint density at radius 3 is 2.71 bits per heavy atom. The van der Waals surface area contributed by atoms with Gasteiger partial charge in [0.15, 0.2) is 11.6 Å². The summed E-state index contributed by atoms with van der Waals surface area (Å²) in [5.41, 5.74) is 1.12. The molecule has 4 aromatic rings. The molecule has 196 valence electrons. The average Bonchev–Trinajstić information content (AvgIpc) is 3.30. The number of hydrogen-bond donors (Lipinski definition) is 2. The first-order valence-electron chi connectivity index (χ1n) is 11.8. The first-order chi connectivity index (χ1) is 18.3. The number of aromatic nitrogens is 3. The molecule has 1 atom stereocenters. The van der Waals surface area contributed by atoms with Crippen LogP contribution in [0.5, 0.6) is 11.5 Å². The van der Waals surface area contributed by atoms with Gasteiger partial charge in [0, 0.05) is 37.2 Å². The van der Waals surface area contributed by atoms with Crippen LogP contribution in [0, 0.1) is 5.82 Å². The molecule has 0 amide bonds. The van der Waals surface area contributed by atoms with Gasteiger partial charge in [-0.3, -0.25) is 9.71 Å². The molecular formula is C26H24ClFN6O3S. The molecule has 5 rings (SSSR count). The number of rotatable bonds is 8. The zero-order valence-electron chi connectivity index (χ0n) is 20.3. The van der Waals surface area contributed by atoms with Crippen LogP contribution in [-0.2, 0) is 10.0 Å². The predicted molar refractivity (Wildman–Crippen MR) is 144 cm³/mol. The summed E-state index contributed by atoms with van der Waals surface area (Å²) in [7, 11) is -1.94. The average molecular weight is 555 g/mol. The Bertz CT molecular complexity index is 1570. The van der Waals surface area contributed by atoms with E-state index in [4.69, 9.17) is 16.3 Å². The SMILES string of the molecule is CN1CC[C@H](Nc2nccc(-c3cnccc3Oc3ccc(NS(=O)(=O)c4ccccc4Cl)cc3F)n2)C1. The molecule has 1 fully saturated rings. The molecule has 0 bridgehead atoms. The van der Waals surface area contributed by atoms with Crippen LogP contribution in [-0.4, -0.2) is 54.4 Å². The molecule has 1 aliphatic rings. The maximum absolute atomic E-state index is 15.0. The summed E-state index contributed by atoms with van der Waals surface area (Å²) in [6.45, 7) is 1.91. The molecule has 3 heterocycles. The number of likely N-dealkylation sites (N-methyl/N-ethyl adjacent to an activating group) is 1. The highest BCUT2D eigenvalue weighted by atomic mass is 35.5. The van der Waals surface area contributed by atoms with Gasteiger partial charge in [0.25, 0.3) is 10.0 Å².